The lowest BCUT2D eigenvalue weighted by Crippen LogP contribution is -2.05. The van der Waals surface area contributed by atoms with Gasteiger partial charge >= 0.3 is 5.97 Å². The predicted molar refractivity (Wildman–Crippen MR) is 63.2 cm³/mol. The fourth-order valence-corrected chi connectivity index (χ4v) is 1.88. The van der Waals surface area contributed by atoms with Gasteiger partial charge in [0.15, 0.2) is 0 Å². The maximum absolute atomic E-state index is 10.9. The molecule has 1 aromatic carbocycles. The summed E-state index contributed by atoms with van der Waals surface area (Å²) in [7, 11) is 0. The molecule has 0 aliphatic carbocycles. The van der Waals surface area contributed by atoms with E-state index in [9.17, 15) is 4.79 Å². The molecule has 4 heteroatoms. The fourth-order valence-electron chi connectivity index (χ4n) is 1.44. The van der Waals surface area contributed by atoms with E-state index in [1.807, 2.05) is 19.2 Å². The first-order valence-electron chi connectivity index (χ1n) is 4.44. The number of carboxylic acids is 1. The number of thioether (sulfide) groups is 1. The third-order valence-corrected chi connectivity index (χ3v) is 2.88. The zero-order chi connectivity index (χ0) is 11.6. The van der Waals surface area contributed by atoms with Gasteiger partial charge in [0.05, 0.1) is 10.6 Å². The van der Waals surface area contributed by atoms with Crippen molar-refractivity contribution in [2.75, 3.05) is 6.26 Å². The van der Waals surface area contributed by atoms with Crippen LogP contribution in [0.15, 0.2) is 12.1 Å². The third kappa shape index (κ3) is 2.39. The number of aryl methyl sites for hydroxylation is 2. The summed E-state index contributed by atoms with van der Waals surface area (Å²) in [4.78, 5) is 10.9. The molecule has 0 aliphatic rings. The molecule has 0 saturated carbocycles. The maximum atomic E-state index is 10.9. The van der Waals surface area contributed by atoms with Crippen LogP contribution in [0.4, 0.5) is 0 Å². The molecule has 0 bridgehead atoms. The molecule has 15 heavy (non-hydrogen) atoms. The van der Waals surface area contributed by atoms with Crippen molar-refractivity contribution in [3.05, 3.63) is 34.4 Å². The minimum absolute atomic E-state index is 0.273. The van der Waals surface area contributed by atoms with Crippen molar-refractivity contribution in [1.82, 2.24) is 0 Å². The van der Waals surface area contributed by atoms with Gasteiger partial charge in [-0.25, -0.2) is 4.79 Å². The van der Waals surface area contributed by atoms with Crippen molar-refractivity contribution in [2.24, 2.45) is 0 Å². The van der Waals surface area contributed by atoms with Crippen LogP contribution < -0.4 is 0 Å². The van der Waals surface area contributed by atoms with Gasteiger partial charge in [-0.15, -0.1) is 11.8 Å². The van der Waals surface area contributed by atoms with Gasteiger partial charge in [0.1, 0.15) is 0 Å². The van der Waals surface area contributed by atoms with Gasteiger partial charge in [0.2, 0.25) is 0 Å². The van der Waals surface area contributed by atoms with E-state index >= 15 is 0 Å². The highest BCUT2D eigenvalue weighted by atomic mass is 32.2. The Bertz CT molecular complexity index is 427. The number of carboxylic acid groups (broad SMARTS) is 1. The van der Waals surface area contributed by atoms with E-state index in [-0.39, 0.29) is 5.56 Å². The Labute approximate surface area is 93.0 Å². The average Bonchev–Trinajstić information content (AvgIpc) is 2.16. The number of nitrogens with one attached hydrogen (secondary N) is 1. The Morgan fingerprint density at radius 1 is 1.27 bits per heavy atom. The van der Waals surface area contributed by atoms with Crippen molar-refractivity contribution >= 4 is 22.8 Å². The minimum atomic E-state index is -0.942. The van der Waals surface area contributed by atoms with E-state index in [4.69, 9.17) is 10.5 Å². The topological polar surface area (TPSA) is 61.2 Å². The van der Waals surface area contributed by atoms with Crippen LogP contribution in [-0.2, 0) is 0 Å². The molecule has 3 nitrogen and oxygen atoms in total. The van der Waals surface area contributed by atoms with Crippen LogP contribution in [0.1, 0.15) is 27.0 Å². The SMILES string of the molecule is CSC(=N)c1cc(C(=O)O)c(C)cc1C. The maximum Gasteiger partial charge on any atom is 0.335 e. The van der Waals surface area contributed by atoms with Gasteiger partial charge in [-0.1, -0.05) is 6.07 Å². The van der Waals surface area contributed by atoms with Crippen molar-refractivity contribution in [3.8, 4) is 0 Å². The Balaban J connectivity index is 3.36. The van der Waals surface area contributed by atoms with Crippen molar-refractivity contribution < 1.29 is 9.90 Å². The molecule has 1 aromatic rings. The molecule has 0 aromatic heterocycles. The monoisotopic (exact) mass is 223 g/mol. The second kappa shape index (κ2) is 4.49. The fraction of sp³-hybridized carbons (Fsp3) is 0.273. The number of carbonyl (C=O) groups is 1. The normalized spacial score (nSPS) is 10.1. The van der Waals surface area contributed by atoms with Gasteiger partial charge < -0.3 is 5.11 Å². The van der Waals surface area contributed by atoms with Crippen LogP contribution in [0.2, 0.25) is 0 Å². The van der Waals surface area contributed by atoms with Crippen LogP contribution in [0.25, 0.3) is 0 Å². The zero-order valence-electron chi connectivity index (χ0n) is 8.92. The summed E-state index contributed by atoms with van der Waals surface area (Å²) in [6.45, 7) is 3.65. The summed E-state index contributed by atoms with van der Waals surface area (Å²) in [5.74, 6) is -0.942. The van der Waals surface area contributed by atoms with E-state index in [2.05, 4.69) is 0 Å². The van der Waals surface area contributed by atoms with Gasteiger partial charge in [0.25, 0.3) is 0 Å². The standard InChI is InChI=1S/C11H13NO2S/c1-6-4-7(2)9(11(13)14)5-8(6)10(12)15-3/h4-5,12H,1-3H3,(H,13,14). The molecular weight excluding hydrogens is 210 g/mol. The second-order valence-corrected chi connectivity index (χ2v) is 4.14. The first-order chi connectivity index (χ1) is 6.97. The number of hydrogen-bond donors (Lipinski definition) is 2. The summed E-state index contributed by atoms with van der Waals surface area (Å²) in [5, 5.41) is 17.1. The highest BCUT2D eigenvalue weighted by molar-refractivity contribution is 8.13. The molecule has 0 spiro atoms. The smallest absolute Gasteiger partial charge is 0.335 e. The Kier molecular flexibility index (Phi) is 3.52. The van der Waals surface area contributed by atoms with Gasteiger partial charge in [-0.05, 0) is 37.3 Å². The second-order valence-electron chi connectivity index (χ2n) is 3.32. The van der Waals surface area contributed by atoms with Crippen molar-refractivity contribution in [3.63, 3.8) is 0 Å². The molecule has 0 radical (unpaired) electrons. The molecule has 0 amide bonds. The minimum Gasteiger partial charge on any atom is -0.478 e. The van der Waals surface area contributed by atoms with E-state index < -0.39 is 5.97 Å². The van der Waals surface area contributed by atoms with Gasteiger partial charge in [-0.2, -0.15) is 0 Å². The van der Waals surface area contributed by atoms with E-state index in [0.29, 0.717) is 10.6 Å². The van der Waals surface area contributed by atoms with Crippen LogP contribution in [-0.4, -0.2) is 22.4 Å². The predicted octanol–water partition coefficient (Wildman–Crippen LogP) is 2.69. The van der Waals surface area contributed by atoms with E-state index in [1.165, 1.54) is 11.8 Å². The lowest BCUT2D eigenvalue weighted by Gasteiger charge is -2.09. The lowest BCUT2D eigenvalue weighted by atomic mass is 10.0. The lowest BCUT2D eigenvalue weighted by molar-refractivity contribution is 0.0696. The third-order valence-electron chi connectivity index (χ3n) is 2.25. The summed E-state index contributed by atoms with van der Waals surface area (Å²) in [5.41, 5.74) is 2.65. The van der Waals surface area contributed by atoms with Crippen LogP contribution in [0.5, 0.6) is 0 Å². The quantitative estimate of drug-likeness (QED) is 0.598. The number of hydrogen-bond acceptors (Lipinski definition) is 3. The molecule has 2 N–H and O–H groups in total. The highest BCUT2D eigenvalue weighted by Gasteiger charge is 2.12. The van der Waals surface area contributed by atoms with Crippen LogP contribution in [0.3, 0.4) is 0 Å². The zero-order valence-corrected chi connectivity index (χ0v) is 9.73. The molecule has 1 rings (SSSR count). The first-order valence-corrected chi connectivity index (χ1v) is 5.67. The molecule has 0 atom stereocenters. The number of aromatic carboxylic acids is 1. The van der Waals surface area contributed by atoms with Crippen molar-refractivity contribution in [1.29, 1.82) is 5.41 Å². The van der Waals surface area contributed by atoms with Gasteiger partial charge in [-0.3, -0.25) is 5.41 Å². The molecule has 0 aliphatic heterocycles. The van der Waals surface area contributed by atoms with Crippen LogP contribution in [0, 0.1) is 19.3 Å². The summed E-state index contributed by atoms with van der Waals surface area (Å²) >= 11 is 1.31. The van der Waals surface area contributed by atoms with E-state index in [0.717, 1.165) is 11.1 Å². The molecule has 80 valence electrons. The van der Waals surface area contributed by atoms with Crippen molar-refractivity contribution in [2.45, 2.75) is 13.8 Å². The Morgan fingerprint density at radius 2 is 1.80 bits per heavy atom. The Hall–Kier alpha value is -1.29. The average molecular weight is 223 g/mol. The van der Waals surface area contributed by atoms with Gasteiger partial charge in [0, 0.05) is 5.56 Å². The molecule has 0 heterocycles. The molecular formula is C11H13NO2S. The first kappa shape index (κ1) is 11.8. The summed E-state index contributed by atoms with van der Waals surface area (Å²) in [6, 6.07) is 3.38. The molecule has 0 fully saturated rings. The molecule has 0 saturated heterocycles. The summed E-state index contributed by atoms with van der Waals surface area (Å²) in [6.07, 6.45) is 1.81. The number of benzene rings is 1. The van der Waals surface area contributed by atoms with Crippen LogP contribution >= 0.6 is 11.8 Å². The molecule has 0 unspecified atom stereocenters. The largest absolute Gasteiger partial charge is 0.478 e. The van der Waals surface area contributed by atoms with E-state index in [1.54, 1.807) is 13.0 Å². The number of rotatable bonds is 2. The Morgan fingerprint density at radius 3 is 2.27 bits per heavy atom. The summed E-state index contributed by atoms with van der Waals surface area (Å²) < 4.78 is 0. The highest BCUT2D eigenvalue weighted by Crippen LogP contribution is 2.19.